The van der Waals surface area contributed by atoms with Gasteiger partial charge in [0, 0.05) is 35.5 Å². The summed E-state index contributed by atoms with van der Waals surface area (Å²) >= 11 is 8.12. The predicted molar refractivity (Wildman–Crippen MR) is 73.1 cm³/mol. The lowest BCUT2D eigenvalue weighted by Gasteiger charge is -2.25. The van der Waals surface area contributed by atoms with Crippen LogP contribution in [0.4, 0.5) is 0 Å². The van der Waals surface area contributed by atoms with Crippen molar-refractivity contribution in [3.63, 3.8) is 0 Å². The summed E-state index contributed by atoms with van der Waals surface area (Å²) in [6.45, 7) is 2.79. The molecule has 2 heterocycles. The molecule has 2 aliphatic heterocycles. The van der Waals surface area contributed by atoms with Crippen LogP contribution in [0, 0.1) is 0 Å². The first-order chi connectivity index (χ1) is 8.33. The number of ether oxygens (including phenoxy) is 1. The Labute approximate surface area is 111 Å². The van der Waals surface area contributed by atoms with Crippen molar-refractivity contribution in [2.45, 2.75) is 19.0 Å². The number of rotatable bonds is 1. The van der Waals surface area contributed by atoms with E-state index in [1.54, 1.807) is 0 Å². The van der Waals surface area contributed by atoms with Gasteiger partial charge in [-0.25, -0.2) is 0 Å². The van der Waals surface area contributed by atoms with E-state index in [0.717, 1.165) is 30.5 Å². The van der Waals surface area contributed by atoms with Gasteiger partial charge in [0.1, 0.15) is 12.4 Å². The molecule has 1 aromatic carbocycles. The van der Waals surface area contributed by atoms with Crippen LogP contribution in [0.15, 0.2) is 18.2 Å². The van der Waals surface area contributed by atoms with Crippen LogP contribution in [0.2, 0.25) is 5.02 Å². The molecule has 17 heavy (non-hydrogen) atoms. The molecule has 1 fully saturated rings. The summed E-state index contributed by atoms with van der Waals surface area (Å²) in [6, 6.07) is 6.65. The molecule has 0 bridgehead atoms. The molecule has 0 N–H and O–H groups in total. The van der Waals surface area contributed by atoms with E-state index in [1.807, 2.05) is 18.2 Å². The van der Waals surface area contributed by atoms with Crippen molar-refractivity contribution in [1.82, 2.24) is 4.90 Å². The Balaban J connectivity index is 1.82. The lowest BCUT2D eigenvalue weighted by molar-refractivity contribution is 0.182. The zero-order valence-corrected chi connectivity index (χ0v) is 11.3. The third kappa shape index (κ3) is 2.56. The molecule has 1 aromatic rings. The largest absolute Gasteiger partial charge is 0.492 e. The van der Waals surface area contributed by atoms with Crippen molar-refractivity contribution in [1.29, 1.82) is 0 Å². The van der Waals surface area contributed by atoms with Gasteiger partial charge >= 0.3 is 0 Å². The van der Waals surface area contributed by atoms with E-state index in [0.29, 0.717) is 6.04 Å². The Kier molecular flexibility index (Phi) is 3.50. The van der Waals surface area contributed by atoms with Crippen LogP contribution in [-0.2, 0) is 6.54 Å². The molecule has 0 radical (unpaired) electrons. The molecule has 0 amide bonds. The average Bonchev–Trinajstić information content (AvgIpc) is 2.77. The van der Waals surface area contributed by atoms with Crippen molar-refractivity contribution in [3.8, 4) is 5.75 Å². The Bertz CT molecular complexity index is 406. The van der Waals surface area contributed by atoms with Gasteiger partial charge in [0.2, 0.25) is 0 Å². The van der Waals surface area contributed by atoms with Gasteiger partial charge < -0.3 is 4.74 Å². The second kappa shape index (κ2) is 5.09. The zero-order valence-electron chi connectivity index (χ0n) is 9.69. The fourth-order valence-corrected chi connectivity index (χ4v) is 3.95. The predicted octanol–water partition coefficient (Wildman–Crippen LogP) is 3.04. The maximum absolute atomic E-state index is 6.06. The molecule has 3 rings (SSSR count). The van der Waals surface area contributed by atoms with Gasteiger partial charge in [-0.15, -0.1) is 0 Å². The van der Waals surface area contributed by atoms with E-state index in [1.165, 1.54) is 23.5 Å². The maximum atomic E-state index is 6.06. The van der Waals surface area contributed by atoms with Gasteiger partial charge in [0.15, 0.2) is 0 Å². The molecule has 1 atom stereocenters. The summed E-state index contributed by atoms with van der Waals surface area (Å²) in [5.41, 5.74) is 1.23. The van der Waals surface area contributed by atoms with Crippen LogP contribution >= 0.6 is 23.4 Å². The number of hydrogen-bond donors (Lipinski definition) is 0. The second-order valence-electron chi connectivity index (χ2n) is 4.59. The molecule has 92 valence electrons. The number of thioether (sulfide) groups is 1. The quantitative estimate of drug-likeness (QED) is 0.778. The van der Waals surface area contributed by atoms with Crippen LogP contribution in [0.1, 0.15) is 12.0 Å². The minimum atomic E-state index is 0.716. The number of benzene rings is 1. The van der Waals surface area contributed by atoms with Crippen molar-refractivity contribution < 1.29 is 4.74 Å². The molecule has 0 aliphatic carbocycles. The summed E-state index contributed by atoms with van der Waals surface area (Å²) in [5, 5.41) is 0.801. The van der Waals surface area contributed by atoms with E-state index in [2.05, 4.69) is 16.7 Å². The van der Waals surface area contributed by atoms with E-state index in [4.69, 9.17) is 16.3 Å². The first-order valence-corrected chi connectivity index (χ1v) is 7.59. The number of fused-ring (bicyclic) bond motifs is 1. The molecule has 1 saturated heterocycles. The minimum absolute atomic E-state index is 0.716. The highest BCUT2D eigenvalue weighted by molar-refractivity contribution is 7.99. The molecule has 0 aromatic heterocycles. The fourth-order valence-electron chi connectivity index (χ4n) is 2.50. The molecule has 0 spiro atoms. The first-order valence-electron chi connectivity index (χ1n) is 6.06. The summed E-state index contributed by atoms with van der Waals surface area (Å²) in [6.07, 6.45) is 1.31. The van der Waals surface area contributed by atoms with E-state index < -0.39 is 0 Å². The van der Waals surface area contributed by atoms with E-state index in [9.17, 15) is 0 Å². The van der Waals surface area contributed by atoms with Crippen molar-refractivity contribution >= 4 is 23.4 Å². The van der Waals surface area contributed by atoms with Crippen LogP contribution in [0.5, 0.6) is 5.75 Å². The normalized spacial score (nSPS) is 25.1. The third-order valence-corrected chi connectivity index (χ3v) is 4.83. The van der Waals surface area contributed by atoms with Crippen molar-refractivity contribution in [3.05, 3.63) is 28.8 Å². The average molecular weight is 270 g/mol. The van der Waals surface area contributed by atoms with Gasteiger partial charge in [0.25, 0.3) is 0 Å². The summed E-state index contributed by atoms with van der Waals surface area (Å²) in [5.74, 6) is 3.56. The van der Waals surface area contributed by atoms with Crippen molar-refractivity contribution in [2.24, 2.45) is 0 Å². The Morgan fingerprint density at radius 3 is 3.18 bits per heavy atom. The highest BCUT2D eigenvalue weighted by Gasteiger charge is 2.25. The molecule has 2 aliphatic rings. The van der Waals surface area contributed by atoms with Crippen molar-refractivity contribution in [2.75, 3.05) is 24.7 Å². The minimum Gasteiger partial charge on any atom is -0.492 e. The summed E-state index contributed by atoms with van der Waals surface area (Å²) in [4.78, 5) is 2.54. The molecule has 1 unspecified atom stereocenters. The third-order valence-electron chi connectivity index (χ3n) is 3.45. The van der Waals surface area contributed by atoms with E-state index in [-0.39, 0.29) is 0 Å². The first kappa shape index (κ1) is 11.7. The number of nitrogens with zero attached hydrogens (tertiary/aromatic N) is 1. The summed E-state index contributed by atoms with van der Waals surface area (Å²) in [7, 11) is 0. The lowest BCUT2D eigenvalue weighted by Crippen LogP contribution is -2.36. The Morgan fingerprint density at radius 2 is 2.35 bits per heavy atom. The molecule has 0 saturated carbocycles. The SMILES string of the molecule is Clc1ccc2c(c1)CN(C1CCSC1)CCO2. The zero-order chi connectivity index (χ0) is 11.7. The molecular formula is C13H16ClNOS. The van der Waals surface area contributed by atoms with Gasteiger partial charge in [0.05, 0.1) is 0 Å². The maximum Gasteiger partial charge on any atom is 0.123 e. The smallest absolute Gasteiger partial charge is 0.123 e. The Morgan fingerprint density at radius 1 is 1.41 bits per heavy atom. The van der Waals surface area contributed by atoms with Gasteiger partial charge in [-0.05, 0) is 30.4 Å². The number of halogens is 1. The fraction of sp³-hybridized carbons (Fsp3) is 0.538. The highest BCUT2D eigenvalue weighted by Crippen LogP contribution is 2.30. The van der Waals surface area contributed by atoms with Gasteiger partial charge in [-0.3, -0.25) is 4.90 Å². The van der Waals surface area contributed by atoms with Crippen LogP contribution < -0.4 is 4.74 Å². The number of hydrogen-bond acceptors (Lipinski definition) is 3. The van der Waals surface area contributed by atoms with E-state index >= 15 is 0 Å². The summed E-state index contributed by atoms with van der Waals surface area (Å²) < 4.78 is 5.79. The lowest BCUT2D eigenvalue weighted by atomic mass is 10.1. The second-order valence-corrected chi connectivity index (χ2v) is 6.17. The van der Waals surface area contributed by atoms with Crippen LogP contribution in [0.3, 0.4) is 0 Å². The molecular weight excluding hydrogens is 254 g/mol. The monoisotopic (exact) mass is 269 g/mol. The topological polar surface area (TPSA) is 12.5 Å². The Hall–Kier alpha value is -0.380. The molecule has 2 nitrogen and oxygen atoms in total. The van der Waals surface area contributed by atoms with Crippen LogP contribution in [0.25, 0.3) is 0 Å². The van der Waals surface area contributed by atoms with Gasteiger partial charge in [-0.2, -0.15) is 11.8 Å². The highest BCUT2D eigenvalue weighted by atomic mass is 35.5. The standard InChI is InChI=1S/C13H16ClNOS/c14-11-1-2-13-10(7-11)8-15(4-5-16-13)12-3-6-17-9-12/h1-2,7,12H,3-6,8-9H2. The molecule has 4 heteroatoms. The van der Waals surface area contributed by atoms with Crippen LogP contribution in [-0.4, -0.2) is 35.6 Å². The van der Waals surface area contributed by atoms with Gasteiger partial charge in [-0.1, -0.05) is 11.6 Å².